The lowest BCUT2D eigenvalue weighted by atomic mass is 9.94. The number of carbonyl (C=O) groups is 1. The summed E-state index contributed by atoms with van der Waals surface area (Å²) in [7, 11) is 0. The number of carbonyl (C=O) groups excluding carboxylic acids is 1. The van der Waals surface area contributed by atoms with E-state index >= 15 is 0 Å². The zero-order valence-electron chi connectivity index (χ0n) is 11.0. The lowest BCUT2D eigenvalue weighted by Gasteiger charge is -2.22. The highest BCUT2D eigenvalue weighted by Gasteiger charge is 2.31. The van der Waals surface area contributed by atoms with Crippen LogP contribution in [0.2, 0.25) is 0 Å². The van der Waals surface area contributed by atoms with Crippen LogP contribution in [0.5, 0.6) is 0 Å². The number of nitrogens with one attached hydrogen (secondary N) is 1. The molecule has 1 saturated carbocycles. The van der Waals surface area contributed by atoms with Crippen LogP contribution in [0.4, 0.5) is 0 Å². The molecule has 0 radical (unpaired) electrons. The third kappa shape index (κ3) is 3.56. The largest absolute Gasteiger partial charge is 0.351 e. The molecule has 4 heteroatoms. The van der Waals surface area contributed by atoms with Crippen LogP contribution in [0, 0.1) is 0 Å². The van der Waals surface area contributed by atoms with Crippen molar-refractivity contribution < 1.29 is 4.79 Å². The first-order valence-electron chi connectivity index (χ1n) is 6.74. The smallest absolute Gasteiger partial charge is 0.222 e. The van der Waals surface area contributed by atoms with Crippen LogP contribution in [0.1, 0.15) is 48.8 Å². The van der Waals surface area contributed by atoms with E-state index in [2.05, 4.69) is 24.4 Å². The van der Waals surface area contributed by atoms with Crippen LogP contribution >= 0.6 is 11.3 Å². The Morgan fingerprint density at radius 3 is 2.67 bits per heavy atom. The molecule has 1 aromatic heterocycles. The van der Waals surface area contributed by atoms with Crippen LogP contribution in [0.15, 0.2) is 12.1 Å². The van der Waals surface area contributed by atoms with E-state index in [1.54, 1.807) is 11.3 Å². The molecule has 2 rings (SSSR count). The first-order chi connectivity index (χ1) is 8.61. The Labute approximate surface area is 113 Å². The molecule has 1 aromatic rings. The Morgan fingerprint density at radius 1 is 1.39 bits per heavy atom. The van der Waals surface area contributed by atoms with Gasteiger partial charge in [0.15, 0.2) is 0 Å². The van der Waals surface area contributed by atoms with Gasteiger partial charge in [0.1, 0.15) is 0 Å². The van der Waals surface area contributed by atoms with Gasteiger partial charge >= 0.3 is 0 Å². The van der Waals surface area contributed by atoms with Crippen LogP contribution in [0.3, 0.4) is 0 Å². The Balaban J connectivity index is 1.77. The minimum absolute atomic E-state index is 0.0887. The molecule has 0 bridgehead atoms. The third-order valence-electron chi connectivity index (χ3n) is 3.64. The number of hydrogen-bond acceptors (Lipinski definition) is 3. The van der Waals surface area contributed by atoms with Gasteiger partial charge in [0, 0.05) is 21.7 Å². The molecule has 1 heterocycles. The van der Waals surface area contributed by atoms with E-state index in [-0.39, 0.29) is 11.4 Å². The minimum atomic E-state index is -0.242. The molecule has 3 N–H and O–H groups in total. The van der Waals surface area contributed by atoms with Gasteiger partial charge in [-0.1, -0.05) is 19.8 Å². The molecule has 3 nitrogen and oxygen atoms in total. The summed E-state index contributed by atoms with van der Waals surface area (Å²) in [6, 6.07) is 4.23. The Morgan fingerprint density at radius 2 is 2.06 bits per heavy atom. The highest BCUT2D eigenvalue weighted by Crippen LogP contribution is 2.29. The summed E-state index contributed by atoms with van der Waals surface area (Å²) in [6.45, 7) is 2.78. The molecular formula is C14H22N2OS. The first-order valence-corrected chi connectivity index (χ1v) is 7.56. The highest BCUT2D eigenvalue weighted by molar-refractivity contribution is 7.11. The molecule has 0 atom stereocenters. The average molecular weight is 266 g/mol. The minimum Gasteiger partial charge on any atom is -0.351 e. The lowest BCUT2D eigenvalue weighted by molar-refractivity contribution is -0.122. The van der Waals surface area contributed by atoms with Crippen molar-refractivity contribution in [1.82, 2.24) is 5.32 Å². The van der Waals surface area contributed by atoms with Crippen molar-refractivity contribution in [2.45, 2.75) is 57.5 Å². The summed E-state index contributed by atoms with van der Waals surface area (Å²) in [5.74, 6) is 0.0887. The van der Waals surface area contributed by atoms with Crippen LogP contribution in [-0.2, 0) is 17.8 Å². The monoisotopic (exact) mass is 266 g/mol. The highest BCUT2D eigenvalue weighted by atomic mass is 32.1. The summed E-state index contributed by atoms with van der Waals surface area (Å²) < 4.78 is 0. The van der Waals surface area contributed by atoms with E-state index in [0.717, 1.165) is 32.1 Å². The van der Waals surface area contributed by atoms with E-state index in [1.165, 1.54) is 9.75 Å². The van der Waals surface area contributed by atoms with Gasteiger partial charge in [0.2, 0.25) is 5.91 Å². The van der Waals surface area contributed by atoms with E-state index in [4.69, 9.17) is 5.73 Å². The Hall–Kier alpha value is -0.870. The van der Waals surface area contributed by atoms with Gasteiger partial charge < -0.3 is 11.1 Å². The topological polar surface area (TPSA) is 55.1 Å². The second-order valence-corrected chi connectivity index (χ2v) is 6.50. The number of thiophene rings is 1. The van der Waals surface area contributed by atoms with Crippen molar-refractivity contribution in [3.63, 3.8) is 0 Å². The first kappa shape index (κ1) is 13.6. The van der Waals surface area contributed by atoms with Crippen molar-refractivity contribution in [1.29, 1.82) is 0 Å². The fourth-order valence-corrected chi connectivity index (χ4v) is 3.43. The number of rotatable bonds is 5. The SMILES string of the molecule is CCc1ccc(CNC(=O)CC2(N)CCCC2)s1. The van der Waals surface area contributed by atoms with Crippen LogP contribution in [0.25, 0.3) is 0 Å². The lowest BCUT2D eigenvalue weighted by Crippen LogP contribution is -2.41. The fraction of sp³-hybridized carbons (Fsp3) is 0.643. The van der Waals surface area contributed by atoms with Gasteiger partial charge in [-0.3, -0.25) is 4.79 Å². The molecule has 0 unspecified atom stereocenters. The van der Waals surface area contributed by atoms with Crippen molar-refractivity contribution >= 4 is 17.2 Å². The molecule has 0 saturated heterocycles. The number of aryl methyl sites for hydroxylation is 1. The summed E-state index contributed by atoms with van der Waals surface area (Å²) >= 11 is 1.77. The molecule has 1 fully saturated rings. The van der Waals surface area contributed by atoms with Crippen molar-refractivity contribution in [3.8, 4) is 0 Å². The quantitative estimate of drug-likeness (QED) is 0.860. The van der Waals surface area contributed by atoms with Crippen LogP contribution in [-0.4, -0.2) is 11.4 Å². The summed E-state index contributed by atoms with van der Waals surface area (Å²) in [4.78, 5) is 14.5. The maximum absolute atomic E-state index is 11.9. The standard InChI is InChI=1S/C14H22N2OS/c1-2-11-5-6-12(18-11)10-16-13(17)9-14(15)7-3-4-8-14/h5-6H,2-4,7-10,15H2,1H3,(H,16,17). The van der Waals surface area contributed by atoms with E-state index in [9.17, 15) is 4.79 Å². The molecule has 100 valence electrons. The third-order valence-corrected chi connectivity index (χ3v) is 4.87. The number of amides is 1. The van der Waals surface area contributed by atoms with E-state index in [1.807, 2.05) is 0 Å². The van der Waals surface area contributed by atoms with Gasteiger partial charge in [-0.15, -0.1) is 11.3 Å². The van der Waals surface area contributed by atoms with Crippen molar-refractivity contribution in [2.24, 2.45) is 5.73 Å². The maximum Gasteiger partial charge on any atom is 0.222 e. The Kier molecular flexibility index (Phi) is 4.40. The zero-order valence-corrected chi connectivity index (χ0v) is 11.8. The molecule has 1 aliphatic carbocycles. The van der Waals surface area contributed by atoms with E-state index < -0.39 is 0 Å². The van der Waals surface area contributed by atoms with Crippen molar-refractivity contribution in [3.05, 3.63) is 21.9 Å². The normalized spacial score (nSPS) is 17.9. The van der Waals surface area contributed by atoms with Gasteiger partial charge in [0.05, 0.1) is 6.54 Å². The zero-order chi connectivity index (χ0) is 13.0. The number of hydrogen-bond donors (Lipinski definition) is 2. The molecule has 0 aliphatic heterocycles. The summed E-state index contributed by atoms with van der Waals surface area (Å²) in [6.07, 6.45) is 5.82. The van der Waals surface area contributed by atoms with E-state index in [0.29, 0.717) is 13.0 Å². The van der Waals surface area contributed by atoms with Crippen molar-refractivity contribution in [2.75, 3.05) is 0 Å². The predicted molar refractivity (Wildman–Crippen MR) is 75.5 cm³/mol. The molecule has 0 spiro atoms. The summed E-state index contributed by atoms with van der Waals surface area (Å²) in [5, 5.41) is 2.98. The molecule has 0 aromatic carbocycles. The summed E-state index contributed by atoms with van der Waals surface area (Å²) in [5.41, 5.74) is 5.95. The Bertz CT molecular complexity index is 408. The molecule has 18 heavy (non-hydrogen) atoms. The molecule has 1 aliphatic rings. The molecule has 1 amide bonds. The van der Waals surface area contributed by atoms with Gasteiger partial charge in [-0.05, 0) is 31.4 Å². The second-order valence-electron chi connectivity index (χ2n) is 5.24. The maximum atomic E-state index is 11.9. The van der Waals surface area contributed by atoms with Gasteiger partial charge in [-0.25, -0.2) is 0 Å². The second kappa shape index (κ2) is 5.85. The average Bonchev–Trinajstić information content (AvgIpc) is 2.95. The fourth-order valence-electron chi connectivity index (χ4n) is 2.53. The molecular weight excluding hydrogens is 244 g/mol. The predicted octanol–water partition coefficient (Wildman–Crippen LogP) is 2.59. The van der Waals surface area contributed by atoms with Crippen LogP contribution < -0.4 is 11.1 Å². The van der Waals surface area contributed by atoms with Gasteiger partial charge in [0.25, 0.3) is 0 Å². The number of nitrogens with two attached hydrogens (primary N) is 1. The van der Waals surface area contributed by atoms with Gasteiger partial charge in [-0.2, -0.15) is 0 Å².